The molecule has 0 unspecified atom stereocenters. The molecule has 0 fully saturated rings. The summed E-state index contributed by atoms with van der Waals surface area (Å²) in [4.78, 5) is 24.0. The predicted octanol–water partition coefficient (Wildman–Crippen LogP) is 2.75. The van der Waals surface area contributed by atoms with Crippen molar-refractivity contribution in [3.63, 3.8) is 0 Å². The highest BCUT2D eigenvalue weighted by molar-refractivity contribution is 7.80. The summed E-state index contributed by atoms with van der Waals surface area (Å²) in [5.74, 6) is -0.643. The van der Waals surface area contributed by atoms with Crippen LogP contribution in [-0.2, 0) is 20.7 Å². The Balaban J connectivity index is 2.66. The van der Waals surface area contributed by atoms with Gasteiger partial charge in [-0.1, -0.05) is 48.6 Å². The maximum atomic E-state index is 12.1. The molecule has 0 saturated carbocycles. The number of thiocarbonyl (C=S) groups is 1. The Bertz CT molecular complexity index is 638. The normalized spacial score (nSPS) is 11.0. The number of nitriles is 1. The molecule has 0 bridgehead atoms. The van der Waals surface area contributed by atoms with Gasteiger partial charge < -0.3 is 10.1 Å². The zero-order valence-corrected chi connectivity index (χ0v) is 14.9. The van der Waals surface area contributed by atoms with Crippen molar-refractivity contribution in [3.05, 3.63) is 48.6 Å². The van der Waals surface area contributed by atoms with Crippen LogP contribution in [0, 0.1) is 17.2 Å². The Morgan fingerprint density at radius 3 is 2.72 bits per heavy atom. The summed E-state index contributed by atoms with van der Waals surface area (Å²) < 4.78 is 4.67. The molecule has 1 aromatic carbocycles. The minimum Gasteiger partial charge on any atom is -0.449 e. The number of allylic oxidation sites excluding steroid dienone is 1. The van der Waals surface area contributed by atoms with E-state index in [4.69, 9.17) is 17.5 Å². The quantitative estimate of drug-likeness (QED) is 0.372. The Morgan fingerprint density at radius 1 is 1.36 bits per heavy atom. The van der Waals surface area contributed by atoms with E-state index in [0.29, 0.717) is 30.7 Å². The third-order valence-corrected chi connectivity index (χ3v) is 3.98. The fourth-order valence-electron chi connectivity index (χ4n) is 2.26. The van der Waals surface area contributed by atoms with E-state index >= 15 is 0 Å². The van der Waals surface area contributed by atoms with Crippen LogP contribution in [0.25, 0.3) is 0 Å². The minimum atomic E-state index is -0.555. The first-order valence-electron chi connectivity index (χ1n) is 8.03. The third-order valence-electron chi connectivity index (χ3n) is 3.50. The van der Waals surface area contributed by atoms with E-state index in [1.807, 2.05) is 30.3 Å². The van der Waals surface area contributed by atoms with Crippen molar-refractivity contribution in [2.45, 2.75) is 25.7 Å². The van der Waals surface area contributed by atoms with Crippen LogP contribution in [0.15, 0.2) is 43.0 Å². The second kappa shape index (κ2) is 11.9. The molecule has 0 amide bonds. The van der Waals surface area contributed by atoms with E-state index in [9.17, 15) is 9.59 Å². The molecule has 132 valence electrons. The van der Waals surface area contributed by atoms with Crippen molar-refractivity contribution >= 4 is 29.0 Å². The zero-order chi connectivity index (χ0) is 18.5. The van der Waals surface area contributed by atoms with E-state index in [-0.39, 0.29) is 24.9 Å². The molecule has 5 nitrogen and oxygen atoms in total. The van der Waals surface area contributed by atoms with E-state index in [1.54, 1.807) is 12.1 Å². The highest BCUT2D eigenvalue weighted by Crippen LogP contribution is 2.16. The molecule has 6 heteroatoms. The first-order chi connectivity index (χ1) is 12.1. The molecular weight excluding hydrogens is 336 g/mol. The van der Waals surface area contributed by atoms with Gasteiger partial charge in [0.25, 0.3) is 0 Å². The lowest BCUT2D eigenvalue weighted by Gasteiger charge is -2.19. The van der Waals surface area contributed by atoms with Gasteiger partial charge in [-0.3, -0.25) is 9.59 Å². The van der Waals surface area contributed by atoms with Crippen molar-refractivity contribution in [1.82, 2.24) is 5.32 Å². The van der Waals surface area contributed by atoms with Crippen LogP contribution in [-0.4, -0.2) is 29.9 Å². The van der Waals surface area contributed by atoms with Gasteiger partial charge in [0, 0.05) is 18.8 Å². The number of rotatable bonds is 11. The number of carbonyl (C=O) groups is 2. The van der Waals surface area contributed by atoms with Gasteiger partial charge in [-0.25, -0.2) is 0 Å². The van der Waals surface area contributed by atoms with Crippen molar-refractivity contribution < 1.29 is 14.3 Å². The SMILES string of the molecule is C=CCCC(=O)C[C@@H](Cc1ccccc1)C(=S)NCC(=O)OCC#N. The molecule has 0 heterocycles. The topological polar surface area (TPSA) is 79.2 Å². The number of hydrogen-bond acceptors (Lipinski definition) is 5. The smallest absolute Gasteiger partial charge is 0.326 e. The summed E-state index contributed by atoms with van der Waals surface area (Å²) in [7, 11) is 0. The van der Waals surface area contributed by atoms with E-state index in [2.05, 4.69) is 16.6 Å². The number of benzene rings is 1. The molecule has 1 N–H and O–H groups in total. The monoisotopic (exact) mass is 358 g/mol. The van der Waals surface area contributed by atoms with Crippen molar-refractivity contribution in [2.24, 2.45) is 5.92 Å². The summed E-state index contributed by atoms with van der Waals surface area (Å²) in [6, 6.07) is 11.5. The molecule has 1 aromatic rings. The van der Waals surface area contributed by atoms with E-state index in [0.717, 1.165) is 5.56 Å². The molecule has 1 atom stereocenters. The standard InChI is InChI=1S/C19H22N2O3S/c1-2-3-9-17(22)13-16(12-15-7-5-4-6-8-15)19(25)21-14-18(23)24-11-10-20/h2,4-8,16H,1,3,9,11-14H2,(H,21,25)/t16-/m1/s1. The average Bonchev–Trinajstić information content (AvgIpc) is 2.63. The van der Waals surface area contributed by atoms with Crippen LogP contribution in [0.1, 0.15) is 24.8 Å². The van der Waals surface area contributed by atoms with Gasteiger partial charge >= 0.3 is 5.97 Å². The van der Waals surface area contributed by atoms with Crippen LogP contribution in [0.3, 0.4) is 0 Å². The fourth-order valence-corrected chi connectivity index (χ4v) is 2.50. The van der Waals surface area contributed by atoms with Crippen LogP contribution < -0.4 is 5.32 Å². The molecular formula is C19H22N2O3S. The maximum Gasteiger partial charge on any atom is 0.326 e. The second-order valence-corrected chi connectivity index (χ2v) is 5.93. The number of ether oxygens (including phenoxy) is 1. The number of nitrogens with zero attached hydrogens (tertiary/aromatic N) is 1. The first-order valence-corrected chi connectivity index (χ1v) is 8.44. The molecule has 0 aliphatic heterocycles. The van der Waals surface area contributed by atoms with Crippen LogP contribution in [0.5, 0.6) is 0 Å². The number of nitrogens with one attached hydrogen (secondary N) is 1. The van der Waals surface area contributed by atoms with Gasteiger partial charge in [0.1, 0.15) is 18.4 Å². The van der Waals surface area contributed by atoms with Crippen molar-refractivity contribution in [1.29, 1.82) is 5.26 Å². The third kappa shape index (κ3) is 8.77. The molecule has 25 heavy (non-hydrogen) atoms. The van der Waals surface area contributed by atoms with Gasteiger partial charge in [0.05, 0.1) is 4.99 Å². The molecule has 0 aliphatic rings. The molecule has 0 spiro atoms. The van der Waals surface area contributed by atoms with E-state index in [1.165, 1.54) is 0 Å². The number of ketones is 1. The Morgan fingerprint density at radius 2 is 2.08 bits per heavy atom. The first kappa shape index (κ1) is 20.5. The second-order valence-electron chi connectivity index (χ2n) is 5.49. The fraction of sp³-hybridized carbons (Fsp3) is 0.368. The van der Waals surface area contributed by atoms with Crippen LogP contribution in [0.4, 0.5) is 0 Å². The molecule has 1 rings (SSSR count). The van der Waals surface area contributed by atoms with E-state index < -0.39 is 5.97 Å². The lowest BCUT2D eigenvalue weighted by atomic mass is 9.92. The van der Waals surface area contributed by atoms with Crippen molar-refractivity contribution in [3.8, 4) is 6.07 Å². The van der Waals surface area contributed by atoms with Gasteiger partial charge in [0.15, 0.2) is 6.61 Å². The molecule has 0 radical (unpaired) electrons. The van der Waals surface area contributed by atoms with Gasteiger partial charge in [-0.15, -0.1) is 6.58 Å². The molecule has 0 saturated heterocycles. The lowest BCUT2D eigenvalue weighted by molar-refractivity contribution is -0.140. The van der Waals surface area contributed by atoms with Crippen molar-refractivity contribution in [2.75, 3.05) is 13.2 Å². The van der Waals surface area contributed by atoms with Crippen LogP contribution >= 0.6 is 12.2 Å². The number of Topliss-reactive ketones (excluding diaryl/α,β-unsaturated/α-hetero) is 1. The summed E-state index contributed by atoms with van der Waals surface area (Å²) in [5, 5.41) is 11.2. The maximum absolute atomic E-state index is 12.1. The minimum absolute atomic E-state index is 0.108. The zero-order valence-electron chi connectivity index (χ0n) is 14.1. The van der Waals surface area contributed by atoms with Gasteiger partial charge in [0.2, 0.25) is 0 Å². The van der Waals surface area contributed by atoms with Gasteiger partial charge in [-0.2, -0.15) is 5.26 Å². The Hall–Kier alpha value is -2.52. The highest BCUT2D eigenvalue weighted by atomic mass is 32.1. The number of carbonyl (C=O) groups excluding carboxylic acids is 2. The summed E-state index contributed by atoms with van der Waals surface area (Å²) in [5.41, 5.74) is 1.07. The number of esters is 1. The summed E-state index contributed by atoms with van der Waals surface area (Å²) >= 11 is 5.38. The Kier molecular flexibility index (Phi) is 9.79. The largest absolute Gasteiger partial charge is 0.449 e. The Labute approximate surface area is 153 Å². The van der Waals surface area contributed by atoms with Gasteiger partial charge in [-0.05, 0) is 18.4 Å². The van der Waals surface area contributed by atoms with Crippen LogP contribution in [0.2, 0.25) is 0 Å². The highest BCUT2D eigenvalue weighted by Gasteiger charge is 2.19. The average molecular weight is 358 g/mol. The summed E-state index contributed by atoms with van der Waals surface area (Å²) in [6.07, 6.45) is 3.70. The lowest BCUT2D eigenvalue weighted by Crippen LogP contribution is -2.36. The number of hydrogen-bond donors (Lipinski definition) is 1. The molecule has 0 aromatic heterocycles. The summed E-state index contributed by atoms with van der Waals surface area (Å²) in [6.45, 7) is 3.21. The molecule has 0 aliphatic carbocycles. The predicted molar refractivity (Wildman–Crippen MR) is 99.9 cm³/mol.